The number of carbonyl (C=O) groups is 3. The molecule has 3 heterocycles. The number of nitrogens with zero attached hydrogens (tertiary/aromatic N) is 1. The first-order valence-corrected chi connectivity index (χ1v) is 17.9. The van der Waals surface area contributed by atoms with Crippen LogP contribution < -0.4 is 10.1 Å². The molecule has 9 unspecified atom stereocenters. The highest BCUT2D eigenvalue weighted by atomic mass is 32.1. The number of rotatable bonds is 2. The Hall–Kier alpha value is -4.50. The van der Waals surface area contributed by atoms with Gasteiger partial charge in [-0.3, -0.25) is 14.4 Å². The number of esters is 1. The van der Waals surface area contributed by atoms with Gasteiger partial charge < -0.3 is 44.7 Å². The van der Waals surface area contributed by atoms with Crippen LogP contribution in [-0.2, 0) is 23.8 Å². The first kappa shape index (κ1) is 38.7. The molecule has 280 valence electrons. The van der Waals surface area contributed by atoms with Crippen molar-refractivity contribution in [3.05, 3.63) is 52.8 Å². The summed E-state index contributed by atoms with van der Waals surface area (Å²) in [6, 6.07) is 0. The van der Waals surface area contributed by atoms with Crippen molar-refractivity contribution in [2.24, 2.45) is 23.7 Å². The highest BCUT2D eigenvalue weighted by Crippen LogP contribution is 2.54. The normalized spacial score (nSPS) is 30.9. The monoisotopic (exact) mass is 738 g/mol. The number of benzene rings is 2. The first-order chi connectivity index (χ1) is 24.4. The van der Waals surface area contributed by atoms with Crippen molar-refractivity contribution in [3.63, 3.8) is 0 Å². The molecular formula is C38H46N2O11S. The van der Waals surface area contributed by atoms with Gasteiger partial charge in [-0.05, 0) is 19.9 Å². The highest BCUT2D eigenvalue weighted by molar-refractivity contribution is 7.17. The SMILES string of the molecule is COC1C=COC2(C)Oc3c(C)c(O)c4c(O)c(c5scnc5c4c3C2=O)NC(=O)C(C)=C/C=C/C(C)C(O)C(C)C(O)C(C)C(OC(C)=O)C1C. The molecular weight excluding hydrogens is 692 g/mol. The van der Waals surface area contributed by atoms with E-state index in [0.717, 1.165) is 11.3 Å². The van der Waals surface area contributed by atoms with E-state index in [9.17, 15) is 34.8 Å². The molecule has 2 aromatic carbocycles. The summed E-state index contributed by atoms with van der Waals surface area (Å²) < 4.78 is 23.9. The zero-order valence-electron chi connectivity index (χ0n) is 30.6. The molecule has 2 aliphatic rings. The number of aromatic nitrogens is 1. The number of fused-ring (bicyclic) bond motifs is 1. The van der Waals surface area contributed by atoms with Crippen molar-refractivity contribution in [2.45, 2.75) is 85.6 Å². The molecule has 5 N–H and O–H groups in total. The summed E-state index contributed by atoms with van der Waals surface area (Å²) in [5, 5.41) is 48.5. The van der Waals surface area contributed by atoms with Gasteiger partial charge in [0.25, 0.3) is 11.7 Å². The predicted octanol–water partition coefficient (Wildman–Crippen LogP) is 5.66. The molecule has 3 aromatic rings. The van der Waals surface area contributed by atoms with E-state index in [-0.39, 0.29) is 50.2 Å². The Balaban J connectivity index is 1.68. The van der Waals surface area contributed by atoms with Gasteiger partial charge in [0.2, 0.25) is 0 Å². The molecule has 0 spiro atoms. The quantitative estimate of drug-likeness (QED) is 0.160. The number of allylic oxidation sites excluding steroid dienone is 2. The Kier molecular flexibility index (Phi) is 11.1. The minimum Gasteiger partial charge on any atom is -0.507 e. The molecule has 0 fully saturated rings. The van der Waals surface area contributed by atoms with Crippen LogP contribution in [0.5, 0.6) is 17.2 Å². The van der Waals surface area contributed by atoms with Crippen LogP contribution in [0.4, 0.5) is 5.69 Å². The van der Waals surface area contributed by atoms with Crippen molar-refractivity contribution in [2.75, 3.05) is 12.4 Å². The Morgan fingerprint density at radius 1 is 1.00 bits per heavy atom. The molecule has 2 aliphatic heterocycles. The zero-order valence-corrected chi connectivity index (χ0v) is 31.4. The fraction of sp³-hybridized carbons (Fsp3) is 0.474. The standard InChI is InChI=1S/C38H46N2O11S/c1-16-11-10-12-17(2)37(47)40-28-32(45)25-24(27-35(28)52-15-39-27)26-34(21(6)31(25)44)51-38(8,36(26)46)49-14-13-23(48-9)18(3)33(50-22(7)41)20(5)30(43)19(4)29(16)42/h10-16,18-20,23,29-30,33,42-45H,1-9H3,(H,40,47)/b11-10+,14-13?,17-12?. The summed E-state index contributed by atoms with van der Waals surface area (Å²) in [7, 11) is 1.46. The van der Waals surface area contributed by atoms with E-state index >= 15 is 0 Å². The van der Waals surface area contributed by atoms with E-state index < -0.39 is 77.3 Å². The third-order valence-corrected chi connectivity index (χ3v) is 11.1. The average Bonchev–Trinajstić information content (AvgIpc) is 3.69. The molecule has 0 aliphatic carbocycles. The molecule has 1 aromatic heterocycles. The lowest BCUT2D eigenvalue weighted by atomic mass is 9.78. The number of aliphatic hydroxyl groups excluding tert-OH is 2. The smallest absolute Gasteiger partial charge is 0.312 e. The lowest BCUT2D eigenvalue weighted by molar-refractivity contribution is -0.160. The second kappa shape index (κ2) is 14.9. The van der Waals surface area contributed by atoms with E-state index in [1.165, 1.54) is 45.7 Å². The van der Waals surface area contributed by atoms with Crippen molar-refractivity contribution in [1.29, 1.82) is 0 Å². The van der Waals surface area contributed by atoms with Crippen LogP contribution in [0.1, 0.15) is 64.4 Å². The molecule has 13 nitrogen and oxygen atoms in total. The molecule has 1 amide bonds. The van der Waals surface area contributed by atoms with Crippen molar-refractivity contribution >= 4 is 55.7 Å². The minimum atomic E-state index is -1.92. The number of aliphatic hydroxyl groups is 2. The van der Waals surface area contributed by atoms with Crippen LogP contribution in [0.15, 0.2) is 41.6 Å². The number of methoxy groups -OCH3 is 1. The summed E-state index contributed by atoms with van der Waals surface area (Å²) >= 11 is 1.13. The fourth-order valence-corrected chi connectivity index (χ4v) is 7.86. The molecule has 0 saturated carbocycles. The second-order valence-electron chi connectivity index (χ2n) is 13.9. The molecule has 14 heteroatoms. The largest absolute Gasteiger partial charge is 0.507 e. The lowest BCUT2D eigenvalue weighted by Crippen LogP contribution is -2.46. The number of thiazole rings is 1. The summed E-state index contributed by atoms with van der Waals surface area (Å²) in [6.45, 7) is 12.8. The summed E-state index contributed by atoms with van der Waals surface area (Å²) in [4.78, 5) is 44.4. The van der Waals surface area contributed by atoms with Crippen LogP contribution in [-0.4, -0.2) is 80.4 Å². The molecule has 4 bridgehead atoms. The van der Waals surface area contributed by atoms with Gasteiger partial charge in [0.05, 0.1) is 51.3 Å². The Morgan fingerprint density at radius 3 is 2.35 bits per heavy atom. The zero-order chi connectivity index (χ0) is 38.4. The van der Waals surface area contributed by atoms with Gasteiger partial charge in [0, 0.05) is 61.2 Å². The maximum Gasteiger partial charge on any atom is 0.312 e. The van der Waals surface area contributed by atoms with Gasteiger partial charge in [0.1, 0.15) is 23.3 Å². The van der Waals surface area contributed by atoms with E-state index in [2.05, 4.69) is 10.3 Å². The minimum absolute atomic E-state index is 0.0108. The predicted molar refractivity (Wildman–Crippen MR) is 195 cm³/mol. The number of phenolic OH excluding ortho intramolecular Hbond substituents is 2. The topological polar surface area (TPSA) is 194 Å². The number of aromatic hydroxyl groups is 2. The maximum atomic E-state index is 14.2. The summed E-state index contributed by atoms with van der Waals surface area (Å²) in [5.74, 6) is -6.74. The molecule has 5 rings (SSSR count). The van der Waals surface area contributed by atoms with Crippen molar-refractivity contribution < 1.29 is 53.8 Å². The van der Waals surface area contributed by atoms with E-state index in [1.807, 2.05) is 0 Å². The second-order valence-corrected chi connectivity index (χ2v) is 14.7. The number of ether oxygens (including phenoxy) is 4. The third-order valence-electron chi connectivity index (χ3n) is 10.3. The number of nitrogens with one attached hydrogen (secondary N) is 1. The Labute approximate surface area is 305 Å². The van der Waals surface area contributed by atoms with Gasteiger partial charge in [-0.2, -0.15) is 0 Å². The van der Waals surface area contributed by atoms with Crippen LogP contribution in [0.2, 0.25) is 0 Å². The third kappa shape index (κ3) is 6.75. The van der Waals surface area contributed by atoms with Crippen LogP contribution >= 0.6 is 11.3 Å². The number of anilines is 1. The fourth-order valence-electron chi connectivity index (χ4n) is 7.06. The average molecular weight is 739 g/mol. The highest BCUT2D eigenvalue weighted by Gasteiger charge is 2.49. The van der Waals surface area contributed by atoms with Crippen LogP contribution in [0, 0.1) is 30.6 Å². The Morgan fingerprint density at radius 2 is 1.69 bits per heavy atom. The number of amides is 1. The van der Waals surface area contributed by atoms with Gasteiger partial charge >= 0.3 is 11.8 Å². The Bertz CT molecular complexity index is 2000. The van der Waals surface area contributed by atoms with Crippen molar-refractivity contribution in [1.82, 2.24) is 4.98 Å². The van der Waals surface area contributed by atoms with Gasteiger partial charge in [-0.25, -0.2) is 4.98 Å². The van der Waals surface area contributed by atoms with Crippen molar-refractivity contribution in [3.8, 4) is 17.2 Å². The number of Topliss-reactive ketones (excluding diaryl/α,β-unsaturated/α-hetero) is 1. The molecule has 52 heavy (non-hydrogen) atoms. The van der Waals surface area contributed by atoms with Gasteiger partial charge in [-0.15, -0.1) is 11.3 Å². The number of ketones is 1. The summed E-state index contributed by atoms with van der Waals surface area (Å²) in [5.41, 5.74) is 2.23. The van der Waals surface area contributed by atoms with E-state index in [1.54, 1.807) is 52.8 Å². The number of carbonyl (C=O) groups excluding carboxylic acids is 3. The maximum absolute atomic E-state index is 14.2. The molecule has 0 saturated heterocycles. The molecule has 9 atom stereocenters. The number of hydrogen-bond donors (Lipinski definition) is 5. The molecule has 0 radical (unpaired) electrons. The van der Waals surface area contributed by atoms with Crippen LogP contribution in [0.25, 0.3) is 21.0 Å². The first-order valence-electron chi connectivity index (χ1n) is 17.0. The van der Waals surface area contributed by atoms with Gasteiger partial charge in [-0.1, -0.05) is 45.9 Å². The lowest BCUT2D eigenvalue weighted by Gasteiger charge is -2.38. The number of phenols is 2. The number of hydrogen-bond acceptors (Lipinski definition) is 13. The van der Waals surface area contributed by atoms with Gasteiger partial charge in [0.15, 0.2) is 5.75 Å². The van der Waals surface area contributed by atoms with Crippen LogP contribution in [0.3, 0.4) is 0 Å². The van der Waals surface area contributed by atoms with E-state index in [4.69, 9.17) is 18.9 Å². The van der Waals surface area contributed by atoms with E-state index in [0.29, 0.717) is 4.70 Å². The summed E-state index contributed by atoms with van der Waals surface area (Å²) in [6.07, 6.45) is 3.93.